The molecule has 2 unspecified atom stereocenters. The number of rotatable bonds is 7. The predicted octanol–water partition coefficient (Wildman–Crippen LogP) is 6.05. The minimum absolute atomic E-state index is 0.128. The van der Waals surface area contributed by atoms with Crippen molar-refractivity contribution in [1.82, 2.24) is 4.98 Å². The lowest BCUT2D eigenvalue weighted by atomic mass is 9.83. The standard InChI is InChI=1S/C22H21BrN2O/c1-16-5-2-3-7-21(16)22(18-8-10-19(23)11-9-18)14-20(25-26)13-17-6-4-12-24-15-17/h2-12,15,20,22H,13-14H2,1H3. The molecule has 2 aromatic carbocycles. The number of nitroso groups, excluding NO2 is 1. The second kappa shape index (κ2) is 8.86. The minimum atomic E-state index is -0.299. The Morgan fingerprint density at radius 2 is 1.81 bits per heavy atom. The smallest absolute Gasteiger partial charge is 0.0969 e. The van der Waals surface area contributed by atoms with Crippen LogP contribution < -0.4 is 0 Å². The van der Waals surface area contributed by atoms with Gasteiger partial charge in [0.25, 0.3) is 0 Å². The number of nitrogens with zero attached hydrogens (tertiary/aromatic N) is 2. The summed E-state index contributed by atoms with van der Waals surface area (Å²) in [6, 6.07) is 20.3. The van der Waals surface area contributed by atoms with Crippen molar-refractivity contribution >= 4 is 15.9 Å². The van der Waals surface area contributed by atoms with Gasteiger partial charge >= 0.3 is 0 Å². The molecule has 0 saturated carbocycles. The van der Waals surface area contributed by atoms with Crippen LogP contribution in [0.4, 0.5) is 0 Å². The normalized spacial score (nSPS) is 13.2. The first kappa shape index (κ1) is 18.5. The van der Waals surface area contributed by atoms with Crippen molar-refractivity contribution in [2.45, 2.75) is 31.7 Å². The summed E-state index contributed by atoms with van der Waals surface area (Å²) in [5, 5.41) is 3.43. The molecule has 1 heterocycles. The fraction of sp³-hybridized carbons (Fsp3) is 0.227. The van der Waals surface area contributed by atoms with Gasteiger partial charge in [0.2, 0.25) is 0 Å². The number of hydrogen-bond donors (Lipinski definition) is 0. The van der Waals surface area contributed by atoms with E-state index in [9.17, 15) is 4.91 Å². The van der Waals surface area contributed by atoms with Crippen LogP contribution in [0.1, 0.15) is 34.6 Å². The predicted molar refractivity (Wildman–Crippen MR) is 109 cm³/mol. The molecule has 0 aliphatic carbocycles. The summed E-state index contributed by atoms with van der Waals surface area (Å²) in [5.74, 6) is 0.128. The summed E-state index contributed by atoms with van der Waals surface area (Å²) in [5.41, 5.74) is 4.71. The summed E-state index contributed by atoms with van der Waals surface area (Å²) in [6.07, 6.45) is 4.83. The van der Waals surface area contributed by atoms with Gasteiger partial charge in [-0.3, -0.25) is 4.98 Å². The summed E-state index contributed by atoms with van der Waals surface area (Å²) >= 11 is 3.50. The number of aromatic nitrogens is 1. The molecule has 0 aliphatic rings. The monoisotopic (exact) mass is 408 g/mol. The number of hydrogen-bond acceptors (Lipinski definition) is 3. The van der Waals surface area contributed by atoms with Crippen LogP contribution in [-0.4, -0.2) is 11.0 Å². The second-order valence-electron chi connectivity index (χ2n) is 6.52. The van der Waals surface area contributed by atoms with E-state index in [-0.39, 0.29) is 12.0 Å². The number of pyridine rings is 1. The van der Waals surface area contributed by atoms with Crippen molar-refractivity contribution in [3.8, 4) is 0 Å². The SMILES string of the molecule is Cc1ccccc1C(CC(Cc1cccnc1)N=O)c1ccc(Br)cc1. The zero-order valence-electron chi connectivity index (χ0n) is 14.7. The molecule has 132 valence electrons. The third-order valence-corrected chi connectivity index (χ3v) is 5.22. The average molecular weight is 409 g/mol. The van der Waals surface area contributed by atoms with E-state index in [0.717, 1.165) is 10.0 Å². The maximum absolute atomic E-state index is 11.6. The molecule has 4 heteroatoms. The van der Waals surface area contributed by atoms with E-state index < -0.39 is 0 Å². The zero-order chi connectivity index (χ0) is 18.4. The van der Waals surface area contributed by atoms with Gasteiger partial charge in [0, 0.05) is 22.8 Å². The largest absolute Gasteiger partial charge is 0.264 e. The van der Waals surface area contributed by atoms with Crippen molar-refractivity contribution in [3.63, 3.8) is 0 Å². The lowest BCUT2D eigenvalue weighted by Crippen LogP contribution is -2.15. The molecule has 2 atom stereocenters. The van der Waals surface area contributed by atoms with Gasteiger partial charge in [0.1, 0.15) is 0 Å². The van der Waals surface area contributed by atoms with Crippen LogP contribution in [-0.2, 0) is 6.42 Å². The molecule has 26 heavy (non-hydrogen) atoms. The van der Waals surface area contributed by atoms with Gasteiger partial charge in [0.15, 0.2) is 0 Å². The number of benzene rings is 2. The van der Waals surface area contributed by atoms with Gasteiger partial charge in [-0.1, -0.05) is 63.6 Å². The Labute approximate surface area is 162 Å². The zero-order valence-corrected chi connectivity index (χ0v) is 16.3. The van der Waals surface area contributed by atoms with Crippen LogP contribution in [0.2, 0.25) is 0 Å². The Balaban J connectivity index is 1.91. The van der Waals surface area contributed by atoms with E-state index in [4.69, 9.17) is 0 Å². The molecule has 0 spiro atoms. The second-order valence-corrected chi connectivity index (χ2v) is 7.44. The number of halogens is 1. The van der Waals surface area contributed by atoms with Crippen LogP contribution in [0.5, 0.6) is 0 Å². The summed E-state index contributed by atoms with van der Waals surface area (Å²) in [6.45, 7) is 2.12. The first-order valence-corrected chi connectivity index (χ1v) is 9.49. The van der Waals surface area contributed by atoms with E-state index in [2.05, 4.69) is 63.3 Å². The Morgan fingerprint density at radius 3 is 2.46 bits per heavy atom. The highest BCUT2D eigenvalue weighted by atomic mass is 79.9. The van der Waals surface area contributed by atoms with E-state index in [1.165, 1.54) is 16.7 Å². The third kappa shape index (κ3) is 4.64. The first-order chi connectivity index (χ1) is 12.7. The molecule has 0 amide bonds. The molecule has 0 fully saturated rings. The Morgan fingerprint density at radius 1 is 1.04 bits per heavy atom. The quantitative estimate of drug-likeness (QED) is 0.446. The maximum atomic E-state index is 11.6. The molecule has 0 bridgehead atoms. The average Bonchev–Trinajstić information content (AvgIpc) is 2.67. The van der Waals surface area contributed by atoms with Crippen LogP contribution in [0.15, 0.2) is 82.7 Å². The van der Waals surface area contributed by atoms with Gasteiger partial charge in [-0.25, -0.2) is 0 Å². The molecule has 1 aromatic heterocycles. The van der Waals surface area contributed by atoms with Crippen LogP contribution in [0.25, 0.3) is 0 Å². The van der Waals surface area contributed by atoms with E-state index >= 15 is 0 Å². The van der Waals surface area contributed by atoms with Gasteiger partial charge in [-0.05, 0) is 60.2 Å². The molecule has 3 rings (SSSR count). The molecule has 0 N–H and O–H groups in total. The van der Waals surface area contributed by atoms with Crippen molar-refractivity contribution in [3.05, 3.63) is 105 Å². The van der Waals surface area contributed by atoms with Crippen LogP contribution in [0, 0.1) is 11.8 Å². The Kier molecular flexibility index (Phi) is 6.29. The van der Waals surface area contributed by atoms with Crippen molar-refractivity contribution < 1.29 is 0 Å². The molecule has 3 aromatic rings. The molecule has 0 saturated heterocycles. The summed E-state index contributed by atoms with van der Waals surface area (Å²) < 4.78 is 1.05. The van der Waals surface area contributed by atoms with Gasteiger partial charge in [0.05, 0.1) is 6.04 Å². The number of aryl methyl sites for hydroxylation is 1. The fourth-order valence-electron chi connectivity index (χ4n) is 3.34. The minimum Gasteiger partial charge on any atom is -0.264 e. The van der Waals surface area contributed by atoms with Crippen molar-refractivity contribution in [2.75, 3.05) is 0 Å². The summed E-state index contributed by atoms with van der Waals surface area (Å²) in [7, 11) is 0. The first-order valence-electron chi connectivity index (χ1n) is 8.69. The Hall–Kier alpha value is -2.33. The van der Waals surface area contributed by atoms with E-state index in [0.29, 0.717) is 12.8 Å². The Bertz CT molecular complexity index is 850. The highest BCUT2D eigenvalue weighted by molar-refractivity contribution is 9.10. The third-order valence-electron chi connectivity index (χ3n) is 4.69. The van der Waals surface area contributed by atoms with E-state index in [1.807, 2.05) is 30.3 Å². The van der Waals surface area contributed by atoms with Crippen molar-refractivity contribution in [2.24, 2.45) is 5.18 Å². The lowest BCUT2D eigenvalue weighted by molar-refractivity contribution is 0.563. The van der Waals surface area contributed by atoms with Gasteiger partial charge < -0.3 is 0 Å². The highest BCUT2D eigenvalue weighted by Crippen LogP contribution is 2.33. The topological polar surface area (TPSA) is 42.3 Å². The lowest BCUT2D eigenvalue weighted by Gasteiger charge is -2.22. The van der Waals surface area contributed by atoms with Crippen molar-refractivity contribution in [1.29, 1.82) is 0 Å². The molecular formula is C22H21BrN2O. The van der Waals surface area contributed by atoms with Gasteiger partial charge in [-0.15, -0.1) is 0 Å². The highest BCUT2D eigenvalue weighted by Gasteiger charge is 2.22. The van der Waals surface area contributed by atoms with Crippen LogP contribution in [0.3, 0.4) is 0 Å². The molecule has 0 aliphatic heterocycles. The molecule has 0 radical (unpaired) electrons. The summed E-state index contributed by atoms with van der Waals surface area (Å²) in [4.78, 5) is 15.7. The molecular weight excluding hydrogens is 388 g/mol. The fourth-order valence-corrected chi connectivity index (χ4v) is 3.61. The van der Waals surface area contributed by atoms with Crippen LogP contribution >= 0.6 is 15.9 Å². The maximum Gasteiger partial charge on any atom is 0.0969 e. The van der Waals surface area contributed by atoms with Gasteiger partial charge in [-0.2, -0.15) is 4.91 Å². The van der Waals surface area contributed by atoms with E-state index in [1.54, 1.807) is 12.4 Å². The molecule has 3 nitrogen and oxygen atoms in total.